The molecule has 0 spiro atoms. The summed E-state index contributed by atoms with van der Waals surface area (Å²) in [7, 11) is -4.32. The molecule has 0 bridgehead atoms. The molecule has 1 aliphatic rings. The first kappa shape index (κ1) is 19.9. The largest absolute Gasteiger partial charge is 0.290 e. The number of nitrogens with one attached hydrogen (secondary N) is 2. The van der Waals surface area contributed by atoms with E-state index in [9.17, 15) is 17.2 Å². The summed E-state index contributed by atoms with van der Waals surface area (Å²) in [4.78, 5) is 4.97. The van der Waals surface area contributed by atoms with E-state index in [4.69, 9.17) is 0 Å². The average Bonchev–Trinajstić information content (AvgIpc) is 3.38. The van der Waals surface area contributed by atoms with E-state index < -0.39 is 26.6 Å². The number of hydrogen-bond acceptors (Lipinski definition) is 7. The predicted molar refractivity (Wildman–Crippen MR) is 103 cm³/mol. The zero-order chi connectivity index (χ0) is 20.4. The first-order valence-corrected chi connectivity index (χ1v) is 11.2. The number of rotatable bonds is 6. The normalized spacial score (nSPS) is 18.1. The maximum absolute atomic E-state index is 14.7. The van der Waals surface area contributed by atoms with E-state index >= 15 is 0 Å². The minimum absolute atomic E-state index is 0.0235. The summed E-state index contributed by atoms with van der Waals surface area (Å²) in [5.74, 6) is -1.80. The molecule has 1 saturated heterocycles. The number of likely N-dealkylation sites (tertiary alicyclic amines) is 1. The van der Waals surface area contributed by atoms with Crippen molar-refractivity contribution >= 4 is 26.7 Å². The molecule has 1 atom stereocenters. The number of anilines is 1. The first-order chi connectivity index (χ1) is 13.9. The number of aromatic amines is 1. The minimum atomic E-state index is -4.32. The van der Waals surface area contributed by atoms with Crippen molar-refractivity contribution in [1.82, 2.24) is 24.5 Å². The SMILES string of the molecule is O=S(=O)(Nc1ncns1)c1cc(F)c(CN2CCCC[C@@H]2c2ccn[nH]2)cc1F. The number of piperidine rings is 1. The lowest BCUT2D eigenvalue weighted by Gasteiger charge is -2.35. The van der Waals surface area contributed by atoms with Crippen LogP contribution >= 0.6 is 11.5 Å². The third-order valence-corrected chi connectivity index (χ3v) is 6.91. The molecule has 1 fully saturated rings. The summed E-state index contributed by atoms with van der Waals surface area (Å²) < 4.78 is 59.9. The molecule has 0 aliphatic carbocycles. The predicted octanol–water partition coefficient (Wildman–Crippen LogP) is 3.07. The summed E-state index contributed by atoms with van der Waals surface area (Å²) in [5.41, 5.74) is 1.02. The van der Waals surface area contributed by atoms with Gasteiger partial charge in [0.2, 0.25) is 5.13 Å². The van der Waals surface area contributed by atoms with Gasteiger partial charge in [0.05, 0.1) is 11.7 Å². The second kappa shape index (κ2) is 8.13. The van der Waals surface area contributed by atoms with Gasteiger partial charge in [-0.1, -0.05) is 6.42 Å². The molecule has 0 saturated carbocycles. The lowest BCUT2D eigenvalue weighted by molar-refractivity contribution is 0.135. The molecule has 4 rings (SSSR count). The van der Waals surface area contributed by atoms with Crippen molar-refractivity contribution in [1.29, 1.82) is 0 Å². The highest BCUT2D eigenvalue weighted by atomic mass is 32.2. The van der Waals surface area contributed by atoms with E-state index in [1.807, 2.05) is 11.0 Å². The van der Waals surface area contributed by atoms with Crippen molar-refractivity contribution in [3.05, 3.63) is 53.6 Å². The molecular formula is C17H18F2N6O2S2. The molecule has 3 heterocycles. The van der Waals surface area contributed by atoms with Crippen LogP contribution in [0, 0.1) is 11.6 Å². The Labute approximate surface area is 170 Å². The van der Waals surface area contributed by atoms with Crippen LogP contribution in [0.3, 0.4) is 0 Å². The van der Waals surface area contributed by atoms with Crippen molar-refractivity contribution in [3.8, 4) is 0 Å². The fourth-order valence-electron chi connectivity index (χ4n) is 3.49. The van der Waals surface area contributed by atoms with Gasteiger partial charge >= 0.3 is 0 Å². The van der Waals surface area contributed by atoms with Crippen LogP contribution in [0.1, 0.15) is 36.6 Å². The van der Waals surface area contributed by atoms with Crippen LogP contribution < -0.4 is 4.72 Å². The number of halogens is 2. The van der Waals surface area contributed by atoms with E-state index in [1.165, 1.54) is 0 Å². The Bertz CT molecular complexity index is 1070. The van der Waals surface area contributed by atoms with Gasteiger partial charge in [0.1, 0.15) is 22.9 Å². The molecule has 2 aromatic heterocycles. The van der Waals surface area contributed by atoms with Crippen LogP contribution in [0.5, 0.6) is 0 Å². The van der Waals surface area contributed by atoms with E-state index in [0.29, 0.717) is 6.07 Å². The van der Waals surface area contributed by atoms with Crippen LogP contribution in [0.4, 0.5) is 13.9 Å². The van der Waals surface area contributed by atoms with E-state index in [1.54, 1.807) is 6.20 Å². The van der Waals surface area contributed by atoms with Crippen molar-refractivity contribution in [2.75, 3.05) is 11.3 Å². The average molecular weight is 441 g/mol. The molecule has 8 nitrogen and oxygen atoms in total. The van der Waals surface area contributed by atoms with Crippen molar-refractivity contribution < 1.29 is 17.2 Å². The fraction of sp³-hybridized carbons (Fsp3) is 0.353. The van der Waals surface area contributed by atoms with Gasteiger partial charge in [-0.2, -0.15) is 9.47 Å². The lowest BCUT2D eigenvalue weighted by atomic mass is 9.98. The van der Waals surface area contributed by atoms with Crippen LogP contribution in [0.15, 0.2) is 35.6 Å². The minimum Gasteiger partial charge on any atom is -0.290 e. The maximum atomic E-state index is 14.7. The number of aromatic nitrogens is 4. The summed E-state index contributed by atoms with van der Waals surface area (Å²) in [5, 5.41) is 6.89. The zero-order valence-electron chi connectivity index (χ0n) is 15.2. The number of benzene rings is 1. The summed E-state index contributed by atoms with van der Waals surface area (Å²) >= 11 is 0.797. The van der Waals surface area contributed by atoms with Crippen LogP contribution in [-0.2, 0) is 16.6 Å². The third-order valence-electron chi connectivity index (χ3n) is 4.84. The monoisotopic (exact) mass is 440 g/mol. The van der Waals surface area contributed by atoms with E-state index in [0.717, 1.165) is 55.4 Å². The Morgan fingerprint density at radius 3 is 2.86 bits per heavy atom. The molecule has 3 aromatic rings. The molecule has 154 valence electrons. The van der Waals surface area contributed by atoms with Crippen molar-refractivity contribution in [2.24, 2.45) is 0 Å². The molecule has 12 heteroatoms. The Balaban J connectivity index is 1.58. The number of hydrogen-bond donors (Lipinski definition) is 2. The highest BCUT2D eigenvalue weighted by molar-refractivity contribution is 7.93. The van der Waals surface area contributed by atoms with E-state index in [2.05, 4.69) is 24.3 Å². The smallest absolute Gasteiger partial charge is 0.266 e. The molecule has 1 aromatic carbocycles. The number of nitrogens with zero attached hydrogens (tertiary/aromatic N) is 4. The van der Waals surface area contributed by atoms with Gasteiger partial charge in [0.15, 0.2) is 0 Å². The Kier molecular flexibility index (Phi) is 5.56. The molecule has 0 radical (unpaired) electrons. The Morgan fingerprint density at radius 2 is 2.14 bits per heavy atom. The molecule has 0 amide bonds. The van der Waals surface area contributed by atoms with Gasteiger partial charge in [-0.05, 0) is 37.6 Å². The van der Waals surface area contributed by atoms with Crippen LogP contribution in [-0.4, -0.2) is 39.4 Å². The summed E-state index contributed by atoms with van der Waals surface area (Å²) in [6.07, 6.45) is 5.69. The van der Waals surface area contributed by atoms with Gasteiger partial charge in [-0.3, -0.25) is 14.7 Å². The number of H-pyrrole nitrogens is 1. The first-order valence-electron chi connectivity index (χ1n) is 8.95. The van der Waals surface area contributed by atoms with Gasteiger partial charge in [0, 0.05) is 29.8 Å². The summed E-state index contributed by atoms with van der Waals surface area (Å²) in [6, 6.07) is 3.55. The molecule has 1 aliphatic heterocycles. The molecule has 2 N–H and O–H groups in total. The maximum Gasteiger partial charge on any atom is 0.266 e. The van der Waals surface area contributed by atoms with Gasteiger partial charge in [-0.25, -0.2) is 22.2 Å². The van der Waals surface area contributed by atoms with Crippen molar-refractivity contribution in [2.45, 2.75) is 36.7 Å². The fourth-order valence-corrected chi connectivity index (χ4v) is 5.22. The Morgan fingerprint density at radius 1 is 1.28 bits per heavy atom. The highest BCUT2D eigenvalue weighted by Gasteiger charge is 2.28. The van der Waals surface area contributed by atoms with Crippen LogP contribution in [0.25, 0.3) is 0 Å². The van der Waals surface area contributed by atoms with E-state index in [-0.39, 0.29) is 23.3 Å². The van der Waals surface area contributed by atoms with Crippen molar-refractivity contribution in [3.63, 3.8) is 0 Å². The Hall–Kier alpha value is -2.44. The third kappa shape index (κ3) is 4.28. The highest BCUT2D eigenvalue weighted by Crippen LogP contribution is 2.32. The number of sulfonamides is 1. The molecular weight excluding hydrogens is 422 g/mol. The van der Waals surface area contributed by atoms with Gasteiger partial charge in [-0.15, -0.1) is 0 Å². The summed E-state index contributed by atoms with van der Waals surface area (Å²) in [6.45, 7) is 0.889. The van der Waals surface area contributed by atoms with Gasteiger partial charge < -0.3 is 0 Å². The standard InChI is InChI=1S/C17H18F2N6O2S2/c18-12-8-16(29(26,27)24-17-20-10-22-28-17)13(19)7-11(12)9-25-6-2-1-3-15(25)14-4-5-21-23-14/h4-5,7-8,10,15H,1-3,6,9H2,(H,21,23)(H,20,22,24)/t15-/m1/s1. The zero-order valence-corrected chi connectivity index (χ0v) is 16.8. The quantitative estimate of drug-likeness (QED) is 0.611. The second-order valence-corrected chi connectivity index (χ2v) is 9.15. The lowest BCUT2D eigenvalue weighted by Crippen LogP contribution is -2.33. The van der Waals surface area contributed by atoms with Gasteiger partial charge in [0.25, 0.3) is 10.0 Å². The topological polar surface area (TPSA) is 104 Å². The van der Waals surface area contributed by atoms with Crippen LogP contribution in [0.2, 0.25) is 0 Å². The second-order valence-electron chi connectivity index (χ2n) is 6.72. The molecule has 0 unspecified atom stereocenters. The molecule has 29 heavy (non-hydrogen) atoms.